The van der Waals surface area contributed by atoms with Crippen LogP contribution in [-0.4, -0.2) is 39.1 Å². The number of aryl methyl sites for hydroxylation is 1. The predicted octanol–water partition coefficient (Wildman–Crippen LogP) is 0.776. The molecule has 1 unspecified atom stereocenters. The molecule has 0 spiro atoms. The minimum absolute atomic E-state index is 0.205. The quantitative estimate of drug-likeness (QED) is 0.831. The Labute approximate surface area is 95.8 Å². The Balaban J connectivity index is 2.89. The number of methoxy groups -OCH3 is 1. The molecule has 1 N–H and O–H groups in total. The van der Waals surface area contributed by atoms with E-state index >= 15 is 0 Å². The Kier molecular flexibility index (Phi) is 4.46. The second-order valence-electron chi connectivity index (χ2n) is 3.63. The van der Waals surface area contributed by atoms with Crippen LogP contribution < -0.4 is 0 Å². The van der Waals surface area contributed by atoms with Crippen molar-refractivity contribution < 1.29 is 18.3 Å². The molecular weight excluding hydrogens is 228 g/mol. The van der Waals surface area contributed by atoms with Crippen LogP contribution in [0.3, 0.4) is 0 Å². The molecule has 16 heavy (non-hydrogen) atoms. The zero-order chi connectivity index (χ0) is 12.2. The lowest BCUT2D eigenvalue weighted by Crippen LogP contribution is -2.26. The molecule has 1 atom stereocenters. The van der Waals surface area contributed by atoms with Crippen molar-refractivity contribution >= 4 is 9.84 Å². The number of aliphatic hydroxyl groups excluding tert-OH is 1. The lowest BCUT2D eigenvalue weighted by atomic mass is 10.2. The first-order valence-corrected chi connectivity index (χ1v) is 6.58. The van der Waals surface area contributed by atoms with Gasteiger partial charge in [-0.05, 0) is 19.1 Å². The normalized spacial score (nSPS) is 13.7. The lowest BCUT2D eigenvalue weighted by Gasteiger charge is -2.12. The SMILES string of the molecule is COC(CO)CS(=O)(=O)c1ccc(C)cc1. The van der Waals surface area contributed by atoms with Gasteiger partial charge in [0.25, 0.3) is 0 Å². The topological polar surface area (TPSA) is 63.6 Å². The number of ether oxygens (including phenoxy) is 1. The van der Waals surface area contributed by atoms with Crippen LogP contribution in [0.25, 0.3) is 0 Å². The molecule has 0 radical (unpaired) electrons. The van der Waals surface area contributed by atoms with Crippen LogP contribution in [0.4, 0.5) is 0 Å². The summed E-state index contributed by atoms with van der Waals surface area (Å²) in [5.41, 5.74) is 1.00. The van der Waals surface area contributed by atoms with Gasteiger partial charge in [0.05, 0.1) is 23.4 Å². The fraction of sp³-hybridized carbons (Fsp3) is 0.455. The van der Waals surface area contributed by atoms with Gasteiger partial charge < -0.3 is 9.84 Å². The van der Waals surface area contributed by atoms with Crippen LogP contribution in [-0.2, 0) is 14.6 Å². The molecule has 1 rings (SSSR count). The second kappa shape index (κ2) is 5.43. The van der Waals surface area contributed by atoms with Crippen LogP contribution in [0.2, 0.25) is 0 Å². The molecule has 0 amide bonds. The first kappa shape index (κ1) is 13.2. The van der Waals surface area contributed by atoms with Crippen molar-refractivity contribution in [3.8, 4) is 0 Å². The maximum atomic E-state index is 11.9. The van der Waals surface area contributed by atoms with Gasteiger partial charge in [-0.15, -0.1) is 0 Å². The highest BCUT2D eigenvalue weighted by molar-refractivity contribution is 7.91. The van der Waals surface area contributed by atoms with Crippen LogP contribution in [0.1, 0.15) is 5.56 Å². The van der Waals surface area contributed by atoms with Crippen molar-refractivity contribution in [1.82, 2.24) is 0 Å². The average molecular weight is 244 g/mol. The number of hydrogen-bond donors (Lipinski definition) is 1. The maximum absolute atomic E-state index is 11.9. The smallest absolute Gasteiger partial charge is 0.181 e. The van der Waals surface area contributed by atoms with Gasteiger partial charge in [0.2, 0.25) is 0 Å². The maximum Gasteiger partial charge on any atom is 0.181 e. The van der Waals surface area contributed by atoms with Crippen LogP contribution in [0.15, 0.2) is 29.2 Å². The molecule has 0 fully saturated rings. The summed E-state index contributed by atoms with van der Waals surface area (Å²) in [4.78, 5) is 0.258. The summed E-state index contributed by atoms with van der Waals surface area (Å²) in [5, 5.41) is 8.89. The van der Waals surface area contributed by atoms with Crippen molar-refractivity contribution in [2.24, 2.45) is 0 Å². The molecule has 1 aromatic rings. The van der Waals surface area contributed by atoms with Gasteiger partial charge in [-0.3, -0.25) is 0 Å². The van der Waals surface area contributed by atoms with Crippen molar-refractivity contribution in [3.05, 3.63) is 29.8 Å². The molecule has 90 valence electrons. The van der Waals surface area contributed by atoms with E-state index in [1.54, 1.807) is 24.3 Å². The van der Waals surface area contributed by atoms with Gasteiger partial charge >= 0.3 is 0 Å². The van der Waals surface area contributed by atoms with Crippen molar-refractivity contribution in [1.29, 1.82) is 0 Å². The molecule has 1 aromatic carbocycles. The van der Waals surface area contributed by atoms with E-state index in [9.17, 15) is 8.42 Å². The fourth-order valence-electron chi connectivity index (χ4n) is 1.28. The van der Waals surface area contributed by atoms with Gasteiger partial charge in [-0.1, -0.05) is 17.7 Å². The Bertz CT molecular complexity index is 418. The van der Waals surface area contributed by atoms with Crippen LogP contribution >= 0.6 is 0 Å². The van der Waals surface area contributed by atoms with Gasteiger partial charge in [-0.25, -0.2) is 8.42 Å². The summed E-state index contributed by atoms with van der Waals surface area (Å²) in [6.45, 7) is 1.59. The Hall–Kier alpha value is -0.910. The molecule has 0 aliphatic heterocycles. The van der Waals surface area contributed by atoms with Crippen LogP contribution in [0.5, 0.6) is 0 Å². The van der Waals surface area contributed by atoms with Crippen LogP contribution in [0, 0.1) is 6.92 Å². The van der Waals surface area contributed by atoms with E-state index in [1.165, 1.54) is 7.11 Å². The third-order valence-corrected chi connectivity index (χ3v) is 4.12. The zero-order valence-electron chi connectivity index (χ0n) is 9.38. The minimum atomic E-state index is -3.39. The van der Waals surface area contributed by atoms with E-state index in [4.69, 9.17) is 9.84 Å². The zero-order valence-corrected chi connectivity index (χ0v) is 10.2. The third kappa shape index (κ3) is 3.30. The number of rotatable bonds is 5. The minimum Gasteiger partial charge on any atom is -0.394 e. The second-order valence-corrected chi connectivity index (χ2v) is 5.67. The number of hydrogen-bond acceptors (Lipinski definition) is 4. The molecule has 0 aromatic heterocycles. The standard InChI is InChI=1S/C11H16O4S/c1-9-3-5-11(6-4-9)16(13,14)8-10(7-12)15-2/h3-6,10,12H,7-8H2,1-2H3. The Morgan fingerprint density at radius 2 is 1.88 bits per heavy atom. The average Bonchev–Trinajstić information content (AvgIpc) is 2.26. The van der Waals surface area contributed by atoms with Gasteiger partial charge in [0.15, 0.2) is 9.84 Å². The fourth-order valence-corrected chi connectivity index (χ4v) is 2.76. The molecular formula is C11H16O4S. The molecule has 5 heteroatoms. The molecule has 0 saturated heterocycles. The van der Waals surface area contributed by atoms with Crippen molar-refractivity contribution in [3.63, 3.8) is 0 Å². The number of aliphatic hydroxyl groups is 1. The van der Waals surface area contributed by atoms with E-state index in [1.807, 2.05) is 6.92 Å². The monoisotopic (exact) mass is 244 g/mol. The number of sulfone groups is 1. The molecule has 0 saturated carbocycles. The summed E-state index contributed by atoms with van der Waals surface area (Å²) >= 11 is 0. The van der Waals surface area contributed by atoms with E-state index < -0.39 is 15.9 Å². The third-order valence-electron chi connectivity index (χ3n) is 2.32. The largest absolute Gasteiger partial charge is 0.394 e. The van der Waals surface area contributed by atoms with Crippen molar-refractivity contribution in [2.45, 2.75) is 17.9 Å². The van der Waals surface area contributed by atoms with E-state index in [0.717, 1.165) is 5.56 Å². The first-order chi connectivity index (χ1) is 7.49. The summed E-state index contributed by atoms with van der Waals surface area (Å²) < 4.78 is 28.6. The number of benzene rings is 1. The summed E-state index contributed by atoms with van der Waals surface area (Å²) in [7, 11) is -2.00. The molecule has 0 heterocycles. The van der Waals surface area contributed by atoms with Gasteiger partial charge in [-0.2, -0.15) is 0 Å². The van der Waals surface area contributed by atoms with Gasteiger partial charge in [0.1, 0.15) is 0 Å². The highest BCUT2D eigenvalue weighted by Crippen LogP contribution is 2.13. The van der Waals surface area contributed by atoms with E-state index in [2.05, 4.69) is 0 Å². The lowest BCUT2D eigenvalue weighted by molar-refractivity contribution is 0.0644. The highest BCUT2D eigenvalue weighted by Gasteiger charge is 2.20. The predicted molar refractivity (Wildman–Crippen MR) is 61.1 cm³/mol. The first-order valence-electron chi connectivity index (χ1n) is 4.92. The molecule has 0 bridgehead atoms. The molecule has 0 aliphatic carbocycles. The molecule has 0 aliphatic rings. The van der Waals surface area contributed by atoms with E-state index in [-0.39, 0.29) is 17.3 Å². The van der Waals surface area contributed by atoms with E-state index in [0.29, 0.717) is 0 Å². The molecule has 4 nitrogen and oxygen atoms in total. The highest BCUT2D eigenvalue weighted by atomic mass is 32.2. The van der Waals surface area contributed by atoms with Crippen molar-refractivity contribution in [2.75, 3.05) is 19.5 Å². The Morgan fingerprint density at radius 3 is 2.31 bits per heavy atom. The van der Waals surface area contributed by atoms with Gasteiger partial charge in [0, 0.05) is 7.11 Å². The summed E-state index contributed by atoms with van der Waals surface area (Å²) in [6, 6.07) is 6.62. The summed E-state index contributed by atoms with van der Waals surface area (Å²) in [6.07, 6.45) is -0.675. The summed E-state index contributed by atoms with van der Waals surface area (Å²) in [5.74, 6) is -0.205. The Morgan fingerprint density at radius 1 is 1.31 bits per heavy atom.